The van der Waals surface area contributed by atoms with Crippen LogP contribution in [0.2, 0.25) is 0 Å². The summed E-state index contributed by atoms with van der Waals surface area (Å²) in [5.41, 5.74) is 2.94. The highest BCUT2D eigenvalue weighted by Crippen LogP contribution is 2.30. The van der Waals surface area contributed by atoms with E-state index in [1.54, 1.807) is 32.7 Å². The molecule has 31 heavy (non-hydrogen) atoms. The summed E-state index contributed by atoms with van der Waals surface area (Å²) in [6, 6.07) is 12.0. The van der Waals surface area contributed by atoms with E-state index in [2.05, 4.69) is 15.3 Å². The molecule has 0 spiro atoms. The summed E-state index contributed by atoms with van der Waals surface area (Å²) in [4.78, 5) is 13.6. The molecule has 0 bridgehead atoms. The number of nitrogens with one attached hydrogen (secondary N) is 1. The monoisotopic (exact) mass is 419 g/mol. The molecule has 0 fully saturated rings. The summed E-state index contributed by atoms with van der Waals surface area (Å²) in [7, 11) is 5.11. The van der Waals surface area contributed by atoms with Gasteiger partial charge in [-0.3, -0.25) is 0 Å². The smallest absolute Gasteiger partial charge is 0.223 e. The summed E-state index contributed by atoms with van der Waals surface area (Å²) in [5, 5.41) is 3.23. The van der Waals surface area contributed by atoms with Crippen molar-refractivity contribution in [1.29, 1.82) is 0 Å². The summed E-state index contributed by atoms with van der Waals surface area (Å²) in [5.74, 6) is 2.17. The number of ether oxygens (including phenoxy) is 2. The van der Waals surface area contributed by atoms with Crippen LogP contribution in [0.1, 0.15) is 5.56 Å². The van der Waals surface area contributed by atoms with Crippen LogP contribution in [0, 0.1) is 5.82 Å². The van der Waals surface area contributed by atoms with E-state index in [-0.39, 0.29) is 5.82 Å². The zero-order valence-corrected chi connectivity index (χ0v) is 17.5. The lowest BCUT2D eigenvalue weighted by atomic mass is 10.1. The summed E-state index contributed by atoms with van der Waals surface area (Å²) in [6.45, 7) is 0.465. The van der Waals surface area contributed by atoms with Gasteiger partial charge in [0.05, 0.1) is 14.2 Å². The van der Waals surface area contributed by atoms with Crippen LogP contribution in [-0.2, 0) is 13.6 Å². The van der Waals surface area contributed by atoms with Crippen molar-refractivity contribution >= 4 is 5.95 Å². The fourth-order valence-electron chi connectivity index (χ4n) is 3.25. The maximum Gasteiger partial charge on any atom is 0.223 e. The van der Waals surface area contributed by atoms with Crippen LogP contribution >= 0.6 is 0 Å². The van der Waals surface area contributed by atoms with Gasteiger partial charge in [0.15, 0.2) is 5.82 Å². The van der Waals surface area contributed by atoms with E-state index in [0.29, 0.717) is 46.6 Å². The number of benzene rings is 2. The van der Waals surface area contributed by atoms with E-state index in [1.807, 2.05) is 42.1 Å². The van der Waals surface area contributed by atoms with Gasteiger partial charge in [0.25, 0.3) is 0 Å². The van der Waals surface area contributed by atoms with E-state index in [9.17, 15) is 4.39 Å². The number of halogens is 1. The molecule has 0 saturated carbocycles. The number of aryl methyl sites for hydroxylation is 1. The Kier molecular flexibility index (Phi) is 5.79. The van der Waals surface area contributed by atoms with Crippen molar-refractivity contribution in [3.63, 3.8) is 0 Å². The number of methoxy groups -OCH3 is 2. The standard InChI is InChI=1S/C23H22FN5O2/c1-29-8-7-25-22(29)21-20(16-5-4-6-17(24)11-16)14-27-23(28-21)26-13-15-9-18(30-2)12-19(10-15)31-3/h4-12,14H,13H2,1-3H3,(H,26,27,28). The lowest BCUT2D eigenvalue weighted by Gasteiger charge is -2.13. The molecule has 2 heterocycles. The lowest BCUT2D eigenvalue weighted by Crippen LogP contribution is -2.07. The number of imidazole rings is 1. The summed E-state index contributed by atoms with van der Waals surface area (Å²) >= 11 is 0. The number of hydrogen-bond acceptors (Lipinski definition) is 6. The van der Waals surface area contributed by atoms with Gasteiger partial charge in [-0.05, 0) is 35.4 Å². The Labute approximate surface area is 179 Å². The van der Waals surface area contributed by atoms with Crippen molar-refractivity contribution < 1.29 is 13.9 Å². The van der Waals surface area contributed by atoms with Crippen LogP contribution in [-0.4, -0.2) is 33.7 Å². The Morgan fingerprint density at radius 1 is 1.03 bits per heavy atom. The summed E-state index contributed by atoms with van der Waals surface area (Å²) in [6.07, 6.45) is 5.21. The molecular weight excluding hydrogens is 397 g/mol. The molecule has 2 aromatic carbocycles. The predicted octanol–water partition coefficient (Wildman–Crippen LogP) is 4.31. The van der Waals surface area contributed by atoms with Crippen molar-refractivity contribution in [1.82, 2.24) is 19.5 Å². The van der Waals surface area contributed by atoms with Crippen molar-refractivity contribution in [3.8, 4) is 34.1 Å². The van der Waals surface area contributed by atoms with E-state index < -0.39 is 0 Å². The molecule has 0 aliphatic carbocycles. The van der Waals surface area contributed by atoms with Crippen molar-refractivity contribution in [2.24, 2.45) is 7.05 Å². The van der Waals surface area contributed by atoms with Crippen molar-refractivity contribution in [2.45, 2.75) is 6.54 Å². The van der Waals surface area contributed by atoms with Gasteiger partial charge in [0.1, 0.15) is 23.0 Å². The van der Waals surface area contributed by atoms with Crippen molar-refractivity contribution in [2.75, 3.05) is 19.5 Å². The van der Waals surface area contributed by atoms with Gasteiger partial charge in [-0.15, -0.1) is 0 Å². The molecule has 4 aromatic rings. The van der Waals surface area contributed by atoms with Gasteiger partial charge < -0.3 is 19.4 Å². The largest absolute Gasteiger partial charge is 0.497 e. The minimum absolute atomic E-state index is 0.322. The zero-order valence-electron chi connectivity index (χ0n) is 17.5. The van der Waals surface area contributed by atoms with Gasteiger partial charge in [-0.2, -0.15) is 0 Å². The third-order valence-electron chi connectivity index (χ3n) is 4.82. The molecule has 0 saturated heterocycles. The average Bonchev–Trinajstić information content (AvgIpc) is 3.23. The second kappa shape index (κ2) is 8.83. The Bertz CT molecular complexity index is 1190. The highest BCUT2D eigenvalue weighted by atomic mass is 19.1. The SMILES string of the molecule is COc1cc(CNc2ncc(-c3cccc(F)c3)c(-c3nccn3C)n2)cc(OC)c1. The maximum absolute atomic E-state index is 13.8. The fourth-order valence-corrected chi connectivity index (χ4v) is 3.25. The van der Waals surface area contributed by atoms with Crippen LogP contribution in [0.4, 0.5) is 10.3 Å². The third-order valence-corrected chi connectivity index (χ3v) is 4.82. The van der Waals surface area contributed by atoms with Crippen LogP contribution in [0.25, 0.3) is 22.6 Å². The minimum Gasteiger partial charge on any atom is -0.497 e. The molecule has 0 aliphatic rings. The van der Waals surface area contributed by atoms with E-state index >= 15 is 0 Å². The Morgan fingerprint density at radius 2 is 1.81 bits per heavy atom. The first kappa shape index (κ1) is 20.3. The molecule has 4 rings (SSSR count). The Balaban J connectivity index is 1.68. The molecule has 8 heteroatoms. The molecule has 158 valence electrons. The van der Waals surface area contributed by atoms with Crippen molar-refractivity contribution in [3.05, 3.63) is 72.4 Å². The maximum atomic E-state index is 13.8. The van der Waals surface area contributed by atoms with Gasteiger partial charge in [-0.25, -0.2) is 19.3 Å². The second-order valence-corrected chi connectivity index (χ2v) is 6.90. The highest BCUT2D eigenvalue weighted by Gasteiger charge is 2.16. The summed E-state index contributed by atoms with van der Waals surface area (Å²) < 4.78 is 26.3. The van der Waals surface area contributed by atoms with Gasteiger partial charge in [0.2, 0.25) is 5.95 Å². The molecule has 0 atom stereocenters. The lowest BCUT2D eigenvalue weighted by molar-refractivity contribution is 0.393. The topological polar surface area (TPSA) is 74.1 Å². The molecule has 2 aromatic heterocycles. The van der Waals surface area contributed by atoms with Gasteiger partial charge in [-0.1, -0.05) is 12.1 Å². The number of hydrogen-bond donors (Lipinski definition) is 1. The van der Waals surface area contributed by atoms with E-state index in [1.165, 1.54) is 12.1 Å². The fraction of sp³-hybridized carbons (Fsp3) is 0.174. The van der Waals surface area contributed by atoms with Crippen LogP contribution in [0.5, 0.6) is 11.5 Å². The van der Waals surface area contributed by atoms with E-state index in [4.69, 9.17) is 14.5 Å². The molecule has 0 unspecified atom stereocenters. The normalized spacial score (nSPS) is 10.7. The average molecular weight is 419 g/mol. The second-order valence-electron chi connectivity index (χ2n) is 6.90. The predicted molar refractivity (Wildman–Crippen MR) is 117 cm³/mol. The first-order chi connectivity index (χ1) is 15.1. The van der Waals surface area contributed by atoms with E-state index in [0.717, 1.165) is 5.56 Å². The molecule has 7 nitrogen and oxygen atoms in total. The molecular formula is C23H22FN5O2. The first-order valence-corrected chi connectivity index (χ1v) is 9.64. The van der Waals surface area contributed by atoms with Crippen LogP contribution in [0.3, 0.4) is 0 Å². The third kappa shape index (κ3) is 4.48. The molecule has 0 aliphatic heterocycles. The molecule has 0 amide bonds. The Morgan fingerprint density at radius 3 is 2.45 bits per heavy atom. The van der Waals surface area contributed by atoms with Crippen LogP contribution < -0.4 is 14.8 Å². The number of nitrogens with zero attached hydrogens (tertiary/aromatic N) is 4. The minimum atomic E-state index is -0.322. The molecule has 1 N–H and O–H groups in total. The Hall–Kier alpha value is -3.94. The van der Waals surface area contributed by atoms with Gasteiger partial charge in [0, 0.05) is 43.8 Å². The quantitative estimate of drug-likeness (QED) is 0.481. The first-order valence-electron chi connectivity index (χ1n) is 9.64. The van der Waals surface area contributed by atoms with Gasteiger partial charge >= 0.3 is 0 Å². The van der Waals surface area contributed by atoms with Crippen LogP contribution in [0.15, 0.2) is 61.1 Å². The highest BCUT2D eigenvalue weighted by molar-refractivity contribution is 5.78. The zero-order chi connectivity index (χ0) is 21.8. The number of anilines is 1. The number of rotatable bonds is 7. The molecule has 0 radical (unpaired) electrons. The number of aromatic nitrogens is 4.